The van der Waals surface area contributed by atoms with E-state index in [9.17, 15) is 5.11 Å². The van der Waals surface area contributed by atoms with Crippen molar-refractivity contribution in [2.45, 2.75) is 32.4 Å². The Hall–Kier alpha value is -0.460. The lowest BCUT2D eigenvalue weighted by Crippen LogP contribution is -2.52. The molecule has 4 nitrogen and oxygen atoms in total. The van der Waals surface area contributed by atoms with Crippen LogP contribution in [-0.4, -0.2) is 59.8 Å². The van der Waals surface area contributed by atoms with Gasteiger partial charge < -0.3 is 10.8 Å². The number of nitrogens with two attached hydrogens (primary N) is 1. The predicted octanol–water partition coefficient (Wildman–Crippen LogP) is 1.44. The lowest BCUT2D eigenvalue weighted by atomic mass is 10.1. The first-order valence-corrected chi connectivity index (χ1v) is 8.16. The minimum Gasteiger partial charge on any atom is -0.389 e. The maximum atomic E-state index is 9.90. The first-order valence-electron chi connectivity index (χ1n) is 7.34. The van der Waals surface area contributed by atoms with Crippen molar-refractivity contribution in [3.8, 4) is 0 Å². The van der Waals surface area contributed by atoms with Gasteiger partial charge in [0.25, 0.3) is 0 Å². The molecule has 1 aliphatic heterocycles. The van der Waals surface area contributed by atoms with Crippen molar-refractivity contribution in [1.82, 2.24) is 9.80 Å². The van der Waals surface area contributed by atoms with Gasteiger partial charge in [-0.1, -0.05) is 0 Å². The Kier molecular flexibility index (Phi) is 5.20. The molecule has 0 bridgehead atoms. The predicted molar refractivity (Wildman–Crippen MR) is 85.2 cm³/mol. The number of aryl methyl sites for hydroxylation is 1. The fraction of sp³-hybridized carbons (Fsp3) is 0.733. The smallest absolute Gasteiger partial charge is 0.0718 e. The van der Waals surface area contributed by atoms with E-state index in [4.69, 9.17) is 5.73 Å². The molecule has 2 rings (SSSR count). The largest absolute Gasteiger partial charge is 0.389 e. The highest BCUT2D eigenvalue weighted by atomic mass is 32.1. The third-order valence-electron chi connectivity index (χ3n) is 3.77. The molecule has 1 aromatic rings. The van der Waals surface area contributed by atoms with Crippen LogP contribution in [-0.2, 0) is 0 Å². The van der Waals surface area contributed by atoms with E-state index in [1.807, 2.05) is 25.2 Å². The summed E-state index contributed by atoms with van der Waals surface area (Å²) < 4.78 is 0. The summed E-state index contributed by atoms with van der Waals surface area (Å²) in [7, 11) is 0. The van der Waals surface area contributed by atoms with Crippen LogP contribution in [0.25, 0.3) is 0 Å². The number of rotatable bonds is 5. The van der Waals surface area contributed by atoms with Gasteiger partial charge in [0.2, 0.25) is 0 Å². The van der Waals surface area contributed by atoms with Crippen molar-refractivity contribution < 1.29 is 5.11 Å². The molecule has 0 saturated carbocycles. The van der Waals surface area contributed by atoms with Crippen LogP contribution in [0.4, 0.5) is 0 Å². The maximum Gasteiger partial charge on any atom is 0.0718 e. The number of nitrogens with zero attached hydrogens (tertiary/aromatic N) is 2. The van der Waals surface area contributed by atoms with Crippen LogP contribution in [0, 0.1) is 6.92 Å². The molecule has 1 aliphatic rings. The number of hydrogen-bond acceptors (Lipinski definition) is 5. The molecule has 3 N–H and O–H groups in total. The summed E-state index contributed by atoms with van der Waals surface area (Å²) in [5.41, 5.74) is 5.38. The second kappa shape index (κ2) is 6.54. The molecule has 0 spiro atoms. The third kappa shape index (κ3) is 4.27. The fourth-order valence-corrected chi connectivity index (χ4v) is 3.88. The molecule has 2 heterocycles. The van der Waals surface area contributed by atoms with E-state index in [1.165, 1.54) is 9.75 Å². The molecule has 5 heteroatoms. The highest BCUT2D eigenvalue weighted by Gasteiger charge is 2.27. The molecule has 1 atom stereocenters. The lowest BCUT2D eigenvalue weighted by Gasteiger charge is -2.40. The highest BCUT2D eigenvalue weighted by molar-refractivity contribution is 7.12. The van der Waals surface area contributed by atoms with Gasteiger partial charge in [-0.15, -0.1) is 11.3 Å². The van der Waals surface area contributed by atoms with E-state index in [1.54, 1.807) is 0 Å². The molecule has 0 aromatic carbocycles. The lowest BCUT2D eigenvalue weighted by molar-refractivity contribution is 0.0115. The van der Waals surface area contributed by atoms with E-state index in [2.05, 4.69) is 28.9 Å². The maximum absolute atomic E-state index is 9.90. The van der Waals surface area contributed by atoms with Crippen LogP contribution in [0.1, 0.15) is 29.6 Å². The number of thiophene rings is 1. The summed E-state index contributed by atoms with van der Waals surface area (Å²) in [6.45, 7) is 11.4. The second-order valence-electron chi connectivity index (χ2n) is 6.32. The number of aliphatic hydroxyl groups is 1. The van der Waals surface area contributed by atoms with Crippen molar-refractivity contribution >= 4 is 11.3 Å². The summed E-state index contributed by atoms with van der Waals surface area (Å²) in [6, 6.07) is 4.73. The van der Waals surface area contributed by atoms with E-state index in [0.29, 0.717) is 12.6 Å². The topological polar surface area (TPSA) is 52.7 Å². The summed E-state index contributed by atoms with van der Waals surface area (Å²) >= 11 is 1.85. The molecule has 1 fully saturated rings. The molecule has 20 heavy (non-hydrogen) atoms. The summed E-state index contributed by atoms with van der Waals surface area (Å²) in [5, 5.41) is 9.90. The molecular formula is C15H27N3OS. The zero-order chi connectivity index (χ0) is 14.8. The zero-order valence-electron chi connectivity index (χ0n) is 12.8. The molecule has 1 saturated heterocycles. The van der Waals surface area contributed by atoms with Crippen LogP contribution in [0.5, 0.6) is 0 Å². The zero-order valence-corrected chi connectivity index (χ0v) is 13.6. The molecule has 114 valence electrons. The minimum absolute atomic E-state index is 0.345. The average Bonchev–Trinajstić information content (AvgIpc) is 2.77. The molecule has 0 radical (unpaired) electrons. The van der Waals surface area contributed by atoms with Crippen molar-refractivity contribution in [2.75, 3.05) is 39.3 Å². The quantitative estimate of drug-likeness (QED) is 0.863. The van der Waals surface area contributed by atoms with Gasteiger partial charge in [0.05, 0.1) is 11.6 Å². The van der Waals surface area contributed by atoms with Crippen LogP contribution < -0.4 is 5.73 Å². The Bertz CT molecular complexity index is 419. The third-order valence-corrected chi connectivity index (χ3v) is 4.87. The second-order valence-corrected chi connectivity index (χ2v) is 7.64. The fourth-order valence-electron chi connectivity index (χ4n) is 2.86. The standard InChI is InChI=1S/C15H27N3OS/c1-12-4-5-14(20-12)13(10-16)18-8-6-17(7-9-18)11-15(2,3)19/h4-5,13,19H,6-11,16H2,1-3H3. The number of β-amino-alcohol motifs (C(OH)–C–C–N with tert-alkyl or cyclic N) is 1. The first-order chi connectivity index (χ1) is 9.39. The monoisotopic (exact) mass is 297 g/mol. The molecule has 1 unspecified atom stereocenters. The van der Waals surface area contributed by atoms with Crippen molar-refractivity contribution in [3.05, 3.63) is 21.9 Å². The number of hydrogen-bond donors (Lipinski definition) is 2. The SMILES string of the molecule is Cc1ccc(C(CN)N2CCN(CC(C)(C)O)CC2)s1. The minimum atomic E-state index is -0.611. The normalized spacial score (nSPS) is 20.2. The van der Waals surface area contributed by atoms with E-state index < -0.39 is 5.60 Å². The average molecular weight is 297 g/mol. The van der Waals surface area contributed by atoms with E-state index >= 15 is 0 Å². The van der Waals surface area contributed by atoms with Crippen molar-refractivity contribution in [2.24, 2.45) is 5.73 Å². The summed E-state index contributed by atoms with van der Waals surface area (Å²) in [6.07, 6.45) is 0. The van der Waals surface area contributed by atoms with Crippen LogP contribution >= 0.6 is 11.3 Å². The molecule has 1 aromatic heterocycles. The van der Waals surface area contributed by atoms with E-state index in [-0.39, 0.29) is 0 Å². The van der Waals surface area contributed by atoms with Gasteiger partial charge in [0, 0.05) is 49.0 Å². The van der Waals surface area contributed by atoms with Gasteiger partial charge in [-0.3, -0.25) is 9.80 Å². The van der Waals surface area contributed by atoms with Gasteiger partial charge in [0.1, 0.15) is 0 Å². The van der Waals surface area contributed by atoms with Crippen LogP contribution in [0.3, 0.4) is 0 Å². The first kappa shape index (κ1) is 15.9. The Morgan fingerprint density at radius 2 is 1.95 bits per heavy atom. The Morgan fingerprint density at radius 1 is 1.30 bits per heavy atom. The van der Waals surface area contributed by atoms with Gasteiger partial charge in [-0.2, -0.15) is 0 Å². The summed E-state index contributed by atoms with van der Waals surface area (Å²) in [4.78, 5) is 7.54. The van der Waals surface area contributed by atoms with Gasteiger partial charge in [0.15, 0.2) is 0 Å². The highest BCUT2D eigenvalue weighted by Crippen LogP contribution is 2.27. The molecule has 0 aliphatic carbocycles. The summed E-state index contributed by atoms with van der Waals surface area (Å²) in [5.74, 6) is 0. The van der Waals surface area contributed by atoms with Gasteiger partial charge in [-0.25, -0.2) is 0 Å². The molecular weight excluding hydrogens is 270 g/mol. The van der Waals surface area contributed by atoms with Crippen LogP contribution in [0.15, 0.2) is 12.1 Å². The Labute approximate surface area is 126 Å². The number of piperazine rings is 1. The van der Waals surface area contributed by atoms with E-state index in [0.717, 1.165) is 32.7 Å². The Morgan fingerprint density at radius 3 is 2.40 bits per heavy atom. The van der Waals surface area contributed by atoms with Crippen molar-refractivity contribution in [1.29, 1.82) is 0 Å². The van der Waals surface area contributed by atoms with Gasteiger partial charge in [-0.05, 0) is 32.9 Å². The molecule has 0 amide bonds. The Balaban J connectivity index is 1.92. The van der Waals surface area contributed by atoms with Crippen LogP contribution in [0.2, 0.25) is 0 Å². The van der Waals surface area contributed by atoms with Crippen molar-refractivity contribution in [3.63, 3.8) is 0 Å². The van der Waals surface area contributed by atoms with Gasteiger partial charge >= 0.3 is 0 Å².